The number of hydrogen-bond donors (Lipinski definition) is 2. The third-order valence-electron chi connectivity index (χ3n) is 3.37. The molecule has 0 saturated heterocycles. The van der Waals surface area contributed by atoms with Crippen molar-refractivity contribution in [3.05, 3.63) is 24.0 Å². The van der Waals surface area contributed by atoms with Gasteiger partial charge in [0.05, 0.1) is 6.61 Å². The van der Waals surface area contributed by atoms with E-state index in [1.54, 1.807) is 6.07 Å². The summed E-state index contributed by atoms with van der Waals surface area (Å²) in [6, 6.07) is 5.78. The molecule has 0 amide bonds. The van der Waals surface area contributed by atoms with Crippen LogP contribution in [0.5, 0.6) is 5.75 Å². The Morgan fingerprint density at radius 1 is 1.33 bits per heavy atom. The van der Waals surface area contributed by atoms with Gasteiger partial charge in [0.25, 0.3) is 0 Å². The summed E-state index contributed by atoms with van der Waals surface area (Å²) in [5.74, 6) is 0.00285. The third kappa shape index (κ3) is 3.35. The van der Waals surface area contributed by atoms with E-state index in [4.69, 9.17) is 10.5 Å². The molecule has 0 atom stereocenters. The fourth-order valence-electron chi connectivity index (χ4n) is 2.36. The van der Waals surface area contributed by atoms with Gasteiger partial charge in [-0.3, -0.25) is 0 Å². The summed E-state index contributed by atoms with van der Waals surface area (Å²) in [5.41, 5.74) is 6.68. The zero-order valence-electron chi connectivity index (χ0n) is 10.8. The minimum absolute atomic E-state index is 0.311. The molecule has 18 heavy (non-hydrogen) atoms. The highest BCUT2D eigenvalue weighted by molar-refractivity contribution is 5.48. The summed E-state index contributed by atoms with van der Waals surface area (Å²) < 4.78 is 18.8. The van der Waals surface area contributed by atoms with Gasteiger partial charge in [-0.25, -0.2) is 4.39 Å². The quantitative estimate of drug-likeness (QED) is 0.866. The van der Waals surface area contributed by atoms with Gasteiger partial charge in [-0.1, -0.05) is 0 Å². The van der Waals surface area contributed by atoms with Gasteiger partial charge in [-0.05, 0) is 44.7 Å². The van der Waals surface area contributed by atoms with Gasteiger partial charge in [-0.2, -0.15) is 0 Å². The SMILES string of the molecule is CCOc1ccc(NC2CCC(N)CC2)cc1F. The molecular weight excluding hydrogens is 231 g/mol. The first kappa shape index (κ1) is 13.1. The molecule has 0 heterocycles. The van der Waals surface area contributed by atoms with Crippen LogP contribution in [-0.4, -0.2) is 18.7 Å². The maximum absolute atomic E-state index is 13.7. The van der Waals surface area contributed by atoms with Crippen molar-refractivity contribution in [2.75, 3.05) is 11.9 Å². The van der Waals surface area contributed by atoms with E-state index in [2.05, 4.69) is 5.32 Å². The summed E-state index contributed by atoms with van der Waals surface area (Å²) in [7, 11) is 0. The number of benzene rings is 1. The maximum atomic E-state index is 13.7. The molecule has 0 bridgehead atoms. The van der Waals surface area contributed by atoms with E-state index in [1.807, 2.05) is 13.0 Å². The van der Waals surface area contributed by atoms with Gasteiger partial charge in [0.2, 0.25) is 0 Å². The lowest BCUT2D eigenvalue weighted by Crippen LogP contribution is -2.32. The molecule has 1 aromatic carbocycles. The first-order valence-electron chi connectivity index (χ1n) is 6.63. The lowest BCUT2D eigenvalue weighted by Gasteiger charge is -2.27. The molecule has 0 radical (unpaired) electrons. The van der Waals surface area contributed by atoms with Gasteiger partial charge >= 0.3 is 0 Å². The molecule has 0 aromatic heterocycles. The van der Waals surface area contributed by atoms with Crippen LogP contribution in [-0.2, 0) is 0 Å². The van der Waals surface area contributed by atoms with Crippen molar-refractivity contribution in [3.63, 3.8) is 0 Å². The number of anilines is 1. The average Bonchev–Trinajstić information content (AvgIpc) is 2.36. The van der Waals surface area contributed by atoms with Crippen molar-refractivity contribution >= 4 is 5.69 Å². The Balaban J connectivity index is 1.95. The highest BCUT2D eigenvalue weighted by Gasteiger charge is 2.18. The molecule has 2 rings (SSSR count). The second-order valence-electron chi connectivity index (χ2n) is 4.83. The fourth-order valence-corrected chi connectivity index (χ4v) is 2.36. The number of ether oxygens (including phenoxy) is 1. The van der Waals surface area contributed by atoms with Crippen LogP contribution in [0.4, 0.5) is 10.1 Å². The van der Waals surface area contributed by atoms with E-state index in [0.717, 1.165) is 31.4 Å². The van der Waals surface area contributed by atoms with Gasteiger partial charge in [-0.15, -0.1) is 0 Å². The van der Waals surface area contributed by atoms with E-state index < -0.39 is 0 Å². The Labute approximate surface area is 108 Å². The van der Waals surface area contributed by atoms with E-state index in [1.165, 1.54) is 6.07 Å². The Kier molecular flexibility index (Phi) is 4.42. The molecule has 1 saturated carbocycles. The molecular formula is C14H21FN2O. The van der Waals surface area contributed by atoms with Crippen LogP contribution in [0.15, 0.2) is 18.2 Å². The third-order valence-corrected chi connectivity index (χ3v) is 3.37. The number of hydrogen-bond acceptors (Lipinski definition) is 3. The first-order chi connectivity index (χ1) is 8.69. The van der Waals surface area contributed by atoms with Crippen LogP contribution in [0.3, 0.4) is 0 Å². The second kappa shape index (κ2) is 6.05. The average molecular weight is 252 g/mol. The molecule has 3 nitrogen and oxygen atoms in total. The van der Waals surface area contributed by atoms with Crippen molar-refractivity contribution in [2.24, 2.45) is 5.73 Å². The van der Waals surface area contributed by atoms with E-state index in [0.29, 0.717) is 24.4 Å². The molecule has 0 spiro atoms. The Hall–Kier alpha value is -1.29. The fraction of sp³-hybridized carbons (Fsp3) is 0.571. The zero-order chi connectivity index (χ0) is 13.0. The molecule has 4 heteroatoms. The number of nitrogens with one attached hydrogen (secondary N) is 1. The van der Waals surface area contributed by atoms with E-state index in [-0.39, 0.29) is 5.82 Å². The van der Waals surface area contributed by atoms with Crippen LogP contribution in [0, 0.1) is 5.82 Å². The second-order valence-corrected chi connectivity index (χ2v) is 4.83. The summed E-state index contributed by atoms with van der Waals surface area (Å²) in [5, 5.41) is 3.36. The van der Waals surface area contributed by atoms with Crippen molar-refractivity contribution in [3.8, 4) is 5.75 Å². The van der Waals surface area contributed by atoms with Gasteiger partial charge in [0, 0.05) is 23.8 Å². The number of rotatable bonds is 4. The van der Waals surface area contributed by atoms with Crippen LogP contribution in [0.1, 0.15) is 32.6 Å². The summed E-state index contributed by atoms with van der Waals surface area (Å²) in [4.78, 5) is 0. The predicted molar refractivity (Wildman–Crippen MR) is 71.4 cm³/mol. The van der Waals surface area contributed by atoms with Crippen LogP contribution in [0.2, 0.25) is 0 Å². The standard InChI is InChI=1S/C14H21FN2O/c1-2-18-14-8-7-12(9-13(14)15)17-11-5-3-10(16)4-6-11/h7-11,17H,2-6,16H2,1H3. The van der Waals surface area contributed by atoms with E-state index >= 15 is 0 Å². The summed E-state index contributed by atoms with van der Waals surface area (Å²) in [6.07, 6.45) is 4.18. The molecule has 1 aromatic rings. The van der Waals surface area contributed by atoms with Gasteiger partial charge in [0.15, 0.2) is 11.6 Å². The van der Waals surface area contributed by atoms with Crippen LogP contribution < -0.4 is 15.8 Å². The smallest absolute Gasteiger partial charge is 0.167 e. The molecule has 3 N–H and O–H groups in total. The minimum atomic E-state index is -0.311. The van der Waals surface area contributed by atoms with Crippen LogP contribution >= 0.6 is 0 Å². The highest BCUT2D eigenvalue weighted by Crippen LogP contribution is 2.25. The molecule has 0 unspecified atom stereocenters. The molecule has 0 aliphatic heterocycles. The molecule has 100 valence electrons. The minimum Gasteiger partial charge on any atom is -0.491 e. The molecule has 1 fully saturated rings. The maximum Gasteiger partial charge on any atom is 0.167 e. The lowest BCUT2D eigenvalue weighted by molar-refractivity contribution is 0.321. The van der Waals surface area contributed by atoms with Crippen molar-refractivity contribution in [1.82, 2.24) is 0 Å². The highest BCUT2D eigenvalue weighted by atomic mass is 19.1. The molecule has 1 aliphatic rings. The Morgan fingerprint density at radius 3 is 2.67 bits per heavy atom. The Bertz CT molecular complexity index is 389. The van der Waals surface area contributed by atoms with E-state index in [9.17, 15) is 4.39 Å². The Morgan fingerprint density at radius 2 is 2.06 bits per heavy atom. The molecule has 1 aliphatic carbocycles. The predicted octanol–water partition coefficient (Wildman–Crippen LogP) is 2.91. The number of nitrogens with two attached hydrogens (primary N) is 1. The van der Waals surface area contributed by atoms with Crippen molar-refractivity contribution in [2.45, 2.75) is 44.7 Å². The summed E-state index contributed by atoms with van der Waals surface area (Å²) in [6.45, 7) is 2.32. The lowest BCUT2D eigenvalue weighted by atomic mass is 9.91. The van der Waals surface area contributed by atoms with Crippen molar-refractivity contribution < 1.29 is 9.13 Å². The van der Waals surface area contributed by atoms with Gasteiger partial charge in [0.1, 0.15) is 0 Å². The van der Waals surface area contributed by atoms with Crippen LogP contribution in [0.25, 0.3) is 0 Å². The van der Waals surface area contributed by atoms with Gasteiger partial charge < -0.3 is 15.8 Å². The number of halogens is 1. The monoisotopic (exact) mass is 252 g/mol. The first-order valence-corrected chi connectivity index (χ1v) is 6.63. The summed E-state index contributed by atoms with van der Waals surface area (Å²) >= 11 is 0. The normalized spacial score (nSPS) is 23.7. The zero-order valence-corrected chi connectivity index (χ0v) is 10.8. The largest absolute Gasteiger partial charge is 0.491 e. The topological polar surface area (TPSA) is 47.3 Å². The van der Waals surface area contributed by atoms with Crippen molar-refractivity contribution in [1.29, 1.82) is 0 Å².